The molecule has 0 saturated carbocycles. The lowest BCUT2D eigenvalue weighted by Crippen LogP contribution is -2.39. The van der Waals surface area contributed by atoms with Gasteiger partial charge in [-0.15, -0.1) is 0 Å². The molecule has 1 fully saturated rings. The molecule has 5 nitrogen and oxygen atoms in total. The van der Waals surface area contributed by atoms with Crippen molar-refractivity contribution in [2.45, 2.75) is 46.8 Å². The fraction of sp³-hybridized carbons (Fsp3) is 0.750. The summed E-state index contributed by atoms with van der Waals surface area (Å²) in [6.07, 6.45) is 1.18. The van der Waals surface area contributed by atoms with Crippen LogP contribution < -0.4 is 5.32 Å². The van der Waals surface area contributed by atoms with E-state index >= 15 is 0 Å². The molecular weight excluding hydrogens is 264 g/mol. The smallest absolute Gasteiger partial charge is 0.158 e. The van der Waals surface area contributed by atoms with Crippen molar-refractivity contribution in [2.75, 3.05) is 32.8 Å². The normalized spacial score (nSPS) is 19.9. The van der Waals surface area contributed by atoms with Gasteiger partial charge in [0.05, 0.1) is 6.61 Å². The van der Waals surface area contributed by atoms with Gasteiger partial charge in [0.1, 0.15) is 6.10 Å². The third kappa shape index (κ3) is 4.22. The van der Waals surface area contributed by atoms with Gasteiger partial charge in [-0.3, -0.25) is 4.90 Å². The Kier molecular flexibility index (Phi) is 6.08. The SMILES string of the molecule is CCCN1CCOC(c2nc(C)c(CNCC)c(C)n2)C1. The number of aromatic nitrogens is 2. The number of hydrogen-bond donors (Lipinski definition) is 1. The van der Waals surface area contributed by atoms with Crippen molar-refractivity contribution in [1.29, 1.82) is 0 Å². The second-order valence-electron chi connectivity index (χ2n) is 5.67. The second-order valence-corrected chi connectivity index (χ2v) is 5.67. The Labute approximate surface area is 128 Å². The molecule has 0 radical (unpaired) electrons. The van der Waals surface area contributed by atoms with Crippen molar-refractivity contribution in [3.8, 4) is 0 Å². The maximum absolute atomic E-state index is 5.89. The average Bonchev–Trinajstić information content (AvgIpc) is 2.47. The molecule has 1 N–H and O–H groups in total. The van der Waals surface area contributed by atoms with Crippen LogP contribution in [0.1, 0.15) is 49.1 Å². The zero-order valence-electron chi connectivity index (χ0n) is 13.8. The molecule has 1 unspecified atom stereocenters. The van der Waals surface area contributed by atoms with E-state index in [-0.39, 0.29) is 6.10 Å². The van der Waals surface area contributed by atoms with Crippen molar-refractivity contribution in [2.24, 2.45) is 0 Å². The van der Waals surface area contributed by atoms with Crippen LogP contribution in [0.2, 0.25) is 0 Å². The van der Waals surface area contributed by atoms with E-state index in [1.807, 2.05) is 0 Å². The van der Waals surface area contributed by atoms with E-state index in [9.17, 15) is 0 Å². The fourth-order valence-electron chi connectivity index (χ4n) is 2.79. The number of aryl methyl sites for hydroxylation is 2. The maximum atomic E-state index is 5.89. The Balaban J connectivity index is 2.13. The summed E-state index contributed by atoms with van der Waals surface area (Å²) in [5.74, 6) is 0.839. The van der Waals surface area contributed by atoms with Crippen LogP contribution in [0.3, 0.4) is 0 Å². The van der Waals surface area contributed by atoms with Crippen LogP contribution in [0.5, 0.6) is 0 Å². The van der Waals surface area contributed by atoms with Gasteiger partial charge in [-0.05, 0) is 33.4 Å². The van der Waals surface area contributed by atoms with Gasteiger partial charge in [-0.1, -0.05) is 13.8 Å². The van der Waals surface area contributed by atoms with Crippen LogP contribution >= 0.6 is 0 Å². The molecule has 1 aromatic heterocycles. The predicted octanol–water partition coefficient (Wildman–Crippen LogP) is 1.99. The van der Waals surface area contributed by atoms with E-state index in [0.717, 1.165) is 56.5 Å². The number of morpholine rings is 1. The summed E-state index contributed by atoms with van der Waals surface area (Å²) < 4.78 is 5.89. The minimum absolute atomic E-state index is 0.0101. The predicted molar refractivity (Wildman–Crippen MR) is 84.3 cm³/mol. The van der Waals surface area contributed by atoms with Crippen LogP contribution in [-0.4, -0.2) is 47.7 Å². The molecule has 1 aromatic rings. The highest BCUT2D eigenvalue weighted by atomic mass is 16.5. The van der Waals surface area contributed by atoms with Crippen LogP contribution in [0, 0.1) is 13.8 Å². The summed E-state index contributed by atoms with van der Waals surface area (Å²) in [4.78, 5) is 11.8. The van der Waals surface area contributed by atoms with Crippen molar-refractivity contribution < 1.29 is 4.74 Å². The lowest BCUT2D eigenvalue weighted by molar-refractivity contribution is -0.0343. The Morgan fingerprint density at radius 1 is 1.24 bits per heavy atom. The number of rotatable bonds is 6. The third-order valence-corrected chi connectivity index (χ3v) is 3.97. The molecule has 1 aliphatic rings. The summed E-state index contributed by atoms with van der Waals surface area (Å²) in [6.45, 7) is 14.1. The summed E-state index contributed by atoms with van der Waals surface area (Å²) in [6, 6.07) is 0. The van der Waals surface area contributed by atoms with Gasteiger partial charge in [0.2, 0.25) is 0 Å². The van der Waals surface area contributed by atoms with E-state index in [1.165, 1.54) is 12.0 Å². The molecule has 0 aliphatic carbocycles. The third-order valence-electron chi connectivity index (χ3n) is 3.97. The Morgan fingerprint density at radius 2 is 1.95 bits per heavy atom. The van der Waals surface area contributed by atoms with Crippen molar-refractivity contribution in [1.82, 2.24) is 20.2 Å². The molecule has 2 rings (SSSR count). The van der Waals surface area contributed by atoms with Gasteiger partial charge < -0.3 is 10.1 Å². The summed E-state index contributed by atoms with van der Waals surface area (Å²) >= 11 is 0. The monoisotopic (exact) mass is 292 g/mol. The van der Waals surface area contributed by atoms with Gasteiger partial charge in [0, 0.05) is 36.6 Å². The first-order valence-electron chi connectivity index (χ1n) is 8.04. The van der Waals surface area contributed by atoms with Gasteiger partial charge in [0.25, 0.3) is 0 Å². The van der Waals surface area contributed by atoms with E-state index in [1.54, 1.807) is 0 Å². The molecule has 0 aromatic carbocycles. The van der Waals surface area contributed by atoms with Crippen molar-refractivity contribution >= 4 is 0 Å². The molecule has 0 amide bonds. The molecule has 5 heteroatoms. The molecule has 21 heavy (non-hydrogen) atoms. The molecular formula is C16H28N4O. The summed E-state index contributed by atoms with van der Waals surface area (Å²) in [5, 5.41) is 3.35. The molecule has 1 aliphatic heterocycles. The first-order chi connectivity index (χ1) is 10.2. The lowest BCUT2D eigenvalue weighted by Gasteiger charge is -2.32. The molecule has 1 atom stereocenters. The number of hydrogen-bond acceptors (Lipinski definition) is 5. The van der Waals surface area contributed by atoms with Crippen molar-refractivity contribution in [3.05, 3.63) is 22.8 Å². The zero-order valence-corrected chi connectivity index (χ0v) is 13.8. The highest BCUT2D eigenvalue weighted by Crippen LogP contribution is 2.21. The van der Waals surface area contributed by atoms with Gasteiger partial charge in [-0.25, -0.2) is 9.97 Å². The van der Waals surface area contributed by atoms with Crippen LogP contribution in [0.25, 0.3) is 0 Å². The average molecular weight is 292 g/mol. The minimum atomic E-state index is 0.0101. The van der Waals surface area contributed by atoms with Gasteiger partial charge in [-0.2, -0.15) is 0 Å². The lowest BCUT2D eigenvalue weighted by atomic mass is 10.1. The quantitative estimate of drug-likeness (QED) is 0.869. The Morgan fingerprint density at radius 3 is 2.57 bits per heavy atom. The van der Waals surface area contributed by atoms with Crippen molar-refractivity contribution in [3.63, 3.8) is 0 Å². The topological polar surface area (TPSA) is 50.3 Å². The first kappa shape index (κ1) is 16.3. The van der Waals surface area contributed by atoms with Crippen LogP contribution in [0.4, 0.5) is 0 Å². The molecule has 1 saturated heterocycles. The molecule has 2 heterocycles. The first-order valence-corrected chi connectivity index (χ1v) is 8.04. The van der Waals surface area contributed by atoms with Gasteiger partial charge >= 0.3 is 0 Å². The Bertz CT molecular complexity index is 439. The van der Waals surface area contributed by atoms with E-state index < -0.39 is 0 Å². The van der Waals surface area contributed by atoms with Crippen LogP contribution in [0.15, 0.2) is 0 Å². The standard InChI is InChI=1S/C16H28N4O/c1-5-7-20-8-9-21-15(11-20)16-18-12(3)14(10-17-6-2)13(4)19-16/h15,17H,5-11H2,1-4H3. The highest BCUT2D eigenvalue weighted by Gasteiger charge is 2.24. The minimum Gasteiger partial charge on any atom is -0.368 e. The highest BCUT2D eigenvalue weighted by molar-refractivity contribution is 5.24. The molecule has 0 bridgehead atoms. The largest absolute Gasteiger partial charge is 0.368 e. The van der Waals surface area contributed by atoms with Crippen LogP contribution in [-0.2, 0) is 11.3 Å². The van der Waals surface area contributed by atoms with Gasteiger partial charge in [0.15, 0.2) is 5.82 Å². The number of nitrogens with zero attached hydrogens (tertiary/aromatic N) is 3. The summed E-state index contributed by atoms with van der Waals surface area (Å²) in [7, 11) is 0. The second kappa shape index (κ2) is 7.82. The molecule has 0 spiro atoms. The van der Waals surface area contributed by atoms with E-state index in [4.69, 9.17) is 14.7 Å². The summed E-state index contributed by atoms with van der Waals surface area (Å²) in [5.41, 5.74) is 3.34. The Hall–Kier alpha value is -1.04. The maximum Gasteiger partial charge on any atom is 0.158 e. The van der Waals surface area contributed by atoms with E-state index in [2.05, 4.69) is 37.9 Å². The van der Waals surface area contributed by atoms with E-state index in [0.29, 0.717) is 0 Å². The zero-order chi connectivity index (χ0) is 15.2. The number of ether oxygens (including phenoxy) is 1. The number of nitrogens with one attached hydrogen (secondary N) is 1. The molecule has 118 valence electrons. The fourth-order valence-corrected chi connectivity index (χ4v) is 2.79.